The highest BCUT2D eigenvalue weighted by Gasteiger charge is 2.26. The minimum atomic E-state index is -3.74. The summed E-state index contributed by atoms with van der Waals surface area (Å²) < 4.78 is 34.2. The first-order chi connectivity index (χ1) is 15.9. The minimum Gasteiger partial charge on any atom is -0.459 e. The van der Waals surface area contributed by atoms with Crippen molar-refractivity contribution in [1.29, 1.82) is 0 Å². The number of nitrogens with zero attached hydrogens (tertiary/aromatic N) is 2. The molecule has 0 aliphatic heterocycles. The van der Waals surface area contributed by atoms with Crippen molar-refractivity contribution in [3.05, 3.63) is 119 Å². The number of para-hydroxylation sites is 1. The predicted octanol–water partition coefficient (Wildman–Crippen LogP) is 6.38. The third-order valence-corrected chi connectivity index (χ3v) is 7.18. The summed E-state index contributed by atoms with van der Waals surface area (Å²) in [4.78, 5) is 4.60. The highest BCUT2D eigenvalue weighted by atomic mass is 35.5. The third-order valence-electron chi connectivity index (χ3n) is 5.06. The standard InChI is InChI=1S/C26H23ClN2O3S/c1-20-11-15-24(16-12-20)33(30,31)29(18-21-7-3-2-4-8-21)19-23-14-13-22(32-23)17-28-26-10-6-5-9-25(26)27/h2-17H,18-19H2,1H3. The van der Waals surface area contributed by atoms with Crippen molar-refractivity contribution in [3.63, 3.8) is 0 Å². The summed E-state index contributed by atoms with van der Waals surface area (Å²) in [7, 11) is -3.74. The average Bonchev–Trinajstić information content (AvgIpc) is 3.26. The van der Waals surface area contributed by atoms with Gasteiger partial charge in [0.15, 0.2) is 0 Å². The number of sulfonamides is 1. The van der Waals surface area contributed by atoms with Gasteiger partial charge >= 0.3 is 0 Å². The Labute approximate surface area is 199 Å². The molecule has 7 heteroatoms. The van der Waals surface area contributed by atoms with Gasteiger partial charge in [-0.3, -0.25) is 4.99 Å². The summed E-state index contributed by atoms with van der Waals surface area (Å²) >= 11 is 6.14. The quantitative estimate of drug-likeness (QED) is 0.276. The number of halogens is 1. The smallest absolute Gasteiger partial charge is 0.243 e. The highest BCUT2D eigenvalue weighted by molar-refractivity contribution is 7.89. The van der Waals surface area contributed by atoms with E-state index in [0.29, 0.717) is 22.2 Å². The monoisotopic (exact) mass is 478 g/mol. The lowest BCUT2D eigenvalue weighted by atomic mass is 10.2. The van der Waals surface area contributed by atoms with Crippen molar-refractivity contribution in [3.8, 4) is 0 Å². The molecule has 0 aliphatic rings. The van der Waals surface area contributed by atoms with Gasteiger partial charge < -0.3 is 4.42 Å². The second kappa shape index (κ2) is 10.2. The van der Waals surface area contributed by atoms with E-state index < -0.39 is 10.0 Å². The van der Waals surface area contributed by atoms with Gasteiger partial charge in [0.25, 0.3) is 0 Å². The lowest BCUT2D eigenvalue weighted by Gasteiger charge is -2.21. The van der Waals surface area contributed by atoms with Crippen LogP contribution in [0.3, 0.4) is 0 Å². The van der Waals surface area contributed by atoms with E-state index in [0.717, 1.165) is 11.1 Å². The van der Waals surface area contributed by atoms with Crippen molar-refractivity contribution in [2.24, 2.45) is 4.99 Å². The molecular weight excluding hydrogens is 456 g/mol. The summed E-state index contributed by atoms with van der Waals surface area (Å²) in [5.41, 5.74) is 2.52. The first-order valence-electron chi connectivity index (χ1n) is 10.4. The number of furan rings is 1. The zero-order valence-electron chi connectivity index (χ0n) is 18.1. The van der Waals surface area contributed by atoms with Crippen LogP contribution < -0.4 is 0 Å². The van der Waals surface area contributed by atoms with Gasteiger partial charge in [-0.2, -0.15) is 4.31 Å². The fourth-order valence-corrected chi connectivity index (χ4v) is 4.86. The molecule has 0 fully saturated rings. The Balaban J connectivity index is 1.59. The van der Waals surface area contributed by atoms with E-state index in [1.54, 1.807) is 54.7 Å². The summed E-state index contributed by atoms with van der Waals surface area (Å²) in [5, 5.41) is 0.541. The molecule has 33 heavy (non-hydrogen) atoms. The summed E-state index contributed by atoms with van der Waals surface area (Å²) in [6.45, 7) is 2.23. The maximum Gasteiger partial charge on any atom is 0.243 e. The molecule has 1 aromatic heterocycles. The fraction of sp³-hybridized carbons (Fsp3) is 0.115. The first kappa shape index (κ1) is 23.0. The van der Waals surface area contributed by atoms with Crippen LogP contribution in [0, 0.1) is 6.92 Å². The number of hydrogen-bond donors (Lipinski definition) is 0. The summed E-state index contributed by atoms with van der Waals surface area (Å²) in [6, 6.07) is 27.1. The lowest BCUT2D eigenvalue weighted by molar-refractivity contribution is 0.357. The molecule has 0 saturated carbocycles. The second-order valence-corrected chi connectivity index (χ2v) is 9.93. The zero-order chi connectivity index (χ0) is 23.3. The van der Waals surface area contributed by atoms with Gasteiger partial charge in [0.05, 0.1) is 28.4 Å². The molecule has 0 radical (unpaired) electrons. The molecule has 0 spiro atoms. The van der Waals surface area contributed by atoms with Crippen LogP contribution in [-0.2, 0) is 23.1 Å². The van der Waals surface area contributed by atoms with Crippen molar-refractivity contribution in [1.82, 2.24) is 4.31 Å². The normalized spacial score (nSPS) is 12.0. The SMILES string of the molecule is Cc1ccc(S(=O)(=O)N(Cc2ccccc2)Cc2ccc(C=Nc3ccccc3Cl)o2)cc1. The van der Waals surface area contributed by atoms with E-state index in [2.05, 4.69) is 4.99 Å². The molecular formula is C26H23ClN2O3S. The molecule has 3 aromatic carbocycles. The van der Waals surface area contributed by atoms with E-state index in [9.17, 15) is 8.42 Å². The number of aliphatic imine (C=N–C) groups is 1. The summed E-state index contributed by atoms with van der Waals surface area (Å²) in [5.74, 6) is 1.03. The van der Waals surface area contributed by atoms with Gasteiger partial charge in [-0.1, -0.05) is 71.8 Å². The van der Waals surface area contributed by atoms with Gasteiger partial charge in [-0.05, 0) is 48.9 Å². The van der Waals surface area contributed by atoms with Gasteiger partial charge in [0.1, 0.15) is 11.5 Å². The molecule has 0 atom stereocenters. The Morgan fingerprint density at radius 3 is 2.30 bits per heavy atom. The average molecular weight is 479 g/mol. The number of rotatable bonds is 8. The van der Waals surface area contributed by atoms with E-state index >= 15 is 0 Å². The van der Waals surface area contributed by atoms with E-state index in [1.807, 2.05) is 49.4 Å². The maximum absolute atomic E-state index is 13.5. The van der Waals surface area contributed by atoms with E-state index in [1.165, 1.54) is 4.31 Å². The van der Waals surface area contributed by atoms with E-state index in [-0.39, 0.29) is 18.0 Å². The van der Waals surface area contributed by atoms with Gasteiger partial charge in [-0.25, -0.2) is 8.42 Å². The predicted molar refractivity (Wildman–Crippen MR) is 131 cm³/mol. The van der Waals surface area contributed by atoms with Gasteiger partial charge in [0.2, 0.25) is 10.0 Å². The van der Waals surface area contributed by atoms with Crippen LogP contribution in [0.4, 0.5) is 5.69 Å². The highest BCUT2D eigenvalue weighted by Crippen LogP contribution is 2.25. The van der Waals surface area contributed by atoms with Crippen LogP contribution in [0.5, 0.6) is 0 Å². The molecule has 0 unspecified atom stereocenters. The topological polar surface area (TPSA) is 62.9 Å². The molecule has 4 rings (SSSR count). The number of aryl methyl sites for hydroxylation is 1. The lowest BCUT2D eigenvalue weighted by Crippen LogP contribution is -2.30. The van der Waals surface area contributed by atoms with Crippen molar-refractivity contribution in [2.75, 3.05) is 0 Å². The van der Waals surface area contributed by atoms with Crippen molar-refractivity contribution >= 4 is 33.5 Å². The second-order valence-electron chi connectivity index (χ2n) is 7.59. The van der Waals surface area contributed by atoms with E-state index in [4.69, 9.17) is 16.0 Å². The Hall–Kier alpha value is -3.19. The Kier molecular flexibility index (Phi) is 7.08. The van der Waals surface area contributed by atoms with Crippen LogP contribution in [-0.4, -0.2) is 18.9 Å². The molecule has 0 amide bonds. The van der Waals surface area contributed by atoms with Crippen LogP contribution in [0.15, 0.2) is 105 Å². The van der Waals surface area contributed by atoms with Crippen LogP contribution >= 0.6 is 11.6 Å². The van der Waals surface area contributed by atoms with Crippen molar-refractivity contribution in [2.45, 2.75) is 24.9 Å². The Bertz CT molecular complexity index is 1350. The van der Waals surface area contributed by atoms with Crippen LogP contribution in [0.2, 0.25) is 5.02 Å². The van der Waals surface area contributed by atoms with Crippen LogP contribution in [0.25, 0.3) is 0 Å². The van der Waals surface area contributed by atoms with Gasteiger partial charge in [-0.15, -0.1) is 0 Å². The maximum atomic E-state index is 13.5. The first-order valence-corrected chi connectivity index (χ1v) is 12.2. The fourth-order valence-electron chi connectivity index (χ4n) is 3.28. The summed E-state index contributed by atoms with van der Waals surface area (Å²) in [6.07, 6.45) is 1.57. The molecule has 0 N–H and O–H groups in total. The zero-order valence-corrected chi connectivity index (χ0v) is 19.6. The molecule has 0 bridgehead atoms. The van der Waals surface area contributed by atoms with Crippen molar-refractivity contribution < 1.29 is 12.8 Å². The molecule has 5 nitrogen and oxygen atoms in total. The molecule has 0 saturated heterocycles. The third kappa shape index (κ3) is 5.79. The Morgan fingerprint density at radius 1 is 0.879 bits per heavy atom. The number of benzene rings is 3. The number of hydrogen-bond acceptors (Lipinski definition) is 4. The van der Waals surface area contributed by atoms with Crippen LogP contribution in [0.1, 0.15) is 22.6 Å². The molecule has 1 heterocycles. The van der Waals surface area contributed by atoms with Gasteiger partial charge in [0, 0.05) is 6.54 Å². The largest absolute Gasteiger partial charge is 0.459 e. The minimum absolute atomic E-state index is 0.0883. The molecule has 0 aliphatic carbocycles. The molecule has 4 aromatic rings. The Morgan fingerprint density at radius 2 is 1.58 bits per heavy atom. The molecule has 168 valence electrons.